The minimum atomic E-state index is -5.09. The zero-order valence-corrected chi connectivity index (χ0v) is 10.9. The van der Waals surface area contributed by atoms with E-state index in [0.717, 1.165) is 0 Å². The molecule has 0 atom stereocenters. The first-order valence-electron chi connectivity index (χ1n) is 5.54. The molecule has 1 aromatic heterocycles. The number of rotatable bonds is 4. The fourth-order valence-electron chi connectivity index (χ4n) is 1.65. The Labute approximate surface area is 127 Å². The third kappa shape index (κ3) is 2.94. The van der Waals surface area contributed by atoms with E-state index in [-0.39, 0.29) is 0 Å². The van der Waals surface area contributed by atoms with Gasteiger partial charge in [0, 0.05) is 0 Å². The summed E-state index contributed by atoms with van der Waals surface area (Å²) >= 11 is 0. The van der Waals surface area contributed by atoms with Gasteiger partial charge in [0.1, 0.15) is 0 Å². The molecular formula is C9H2F3N5O7. The Morgan fingerprint density at radius 1 is 0.917 bits per heavy atom. The number of non-ortho nitro benzene ring substituents is 1. The molecule has 0 radical (unpaired) electrons. The highest BCUT2D eigenvalue weighted by molar-refractivity contribution is 5.79. The fourth-order valence-corrected chi connectivity index (χ4v) is 1.65. The second kappa shape index (κ2) is 5.52. The number of hydrogen-bond acceptors (Lipinski definition) is 9. The van der Waals surface area contributed by atoms with Gasteiger partial charge in [-0.2, -0.15) is 13.2 Å². The minimum absolute atomic E-state index is 0.333. The highest BCUT2D eigenvalue weighted by atomic mass is 19.4. The van der Waals surface area contributed by atoms with E-state index in [2.05, 4.69) is 14.6 Å². The molecule has 12 nitrogen and oxygen atoms in total. The molecule has 0 bridgehead atoms. The van der Waals surface area contributed by atoms with Crippen LogP contribution in [-0.2, 0) is 6.18 Å². The van der Waals surface area contributed by atoms with E-state index in [0.29, 0.717) is 12.1 Å². The molecule has 1 aromatic carbocycles. The highest BCUT2D eigenvalue weighted by Gasteiger charge is 2.41. The summed E-state index contributed by atoms with van der Waals surface area (Å²) < 4.78 is 41.5. The lowest BCUT2D eigenvalue weighted by Gasteiger charge is -2.01. The number of aromatic nitrogens is 2. The van der Waals surface area contributed by atoms with Crippen molar-refractivity contribution in [2.45, 2.75) is 6.18 Å². The van der Waals surface area contributed by atoms with Crippen molar-refractivity contribution in [2.75, 3.05) is 0 Å². The van der Waals surface area contributed by atoms with Gasteiger partial charge in [0.05, 0.1) is 26.9 Å². The summed E-state index contributed by atoms with van der Waals surface area (Å²) in [5, 5.41) is 38.2. The van der Waals surface area contributed by atoms with Gasteiger partial charge < -0.3 is 4.42 Å². The monoisotopic (exact) mass is 349 g/mol. The number of halogens is 3. The van der Waals surface area contributed by atoms with Crippen molar-refractivity contribution >= 4 is 17.1 Å². The summed E-state index contributed by atoms with van der Waals surface area (Å²) in [5.74, 6) is -3.06. The average Bonchev–Trinajstić information content (AvgIpc) is 2.94. The Bertz CT molecular complexity index is 826. The van der Waals surface area contributed by atoms with Crippen molar-refractivity contribution in [3.05, 3.63) is 48.4 Å². The lowest BCUT2D eigenvalue weighted by Crippen LogP contribution is -2.04. The zero-order valence-electron chi connectivity index (χ0n) is 10.9. The van der Waals surface area contributed by atoms with Gasteiger partial charge in [0.2, 0.25) is 0 Å². The predicted octanol–water partition coefficient (Wildman–Crippen LogP) is 2.48. The van der Waals surface area contributed by atoms with Gasteiger partial charge >= 0.3 is 12.1 Å². The van der Waals surface area contributed by atoms with Crippen molar-refractivity contribution in [3.8, 4) is 11.5 Å². The van der Waals surface area contributed by atoms with Crippen molar-refractivity contribution in [1.82, 2.24) is 10.2 Å². The van der Waals surface area contributed by atoms with E-state index in [1.807, 2.05) is 0 Å². The van der Waals surface area contributed by atoms with Crippen molar-refractivity contribution in [3.63, 3.8) is 0 Å². The van der Waals surface area contributed by atoms with E-state index < -0.39 is 55.4 Å². The van der Waals surface area contributed by atoms with Crippen LogP contribution < -0.4 is 0 Å². The maximum atomic E-state index is 12.5. The second-order valence-corrected chi connectivity index (χ2v) is 4.04. The van der Waals surface area contributed by atoms with E-state index in [1.165, 1.54) is 0 Å². The third-order valence-corrected chi connectivity index (χ3v) is 2.57. The van der Waals surface area contributed by atoms with Crippen LogP contribution in [0.3, 0.4) is 0 Å². The van der Waals surface area contributed by atoms with Crippen LogP contribution in [0.4, 0.5) is 30.2 Å². The molecule has 2 rings (SSSR count). The first kappa shape index (κ1) is 16.7. The number of alkyl halides is 3. The van der Waals surface area contributed by atoms with Gasteiger partial charge in [0.15, 0.2) is 5.56 Å². The van der Waals surface area contributed by atoms with Crippen LogP contribution >= 0.6 is 0 Å². The molecule has 0 aliphatic rings. The summed E-state index contributed by atoms with van der Waals surface area (Å²) in [4.78, 5) is 29.0. The van der Waals surface area contributed by atoms with Crippen molar-refractivity contribution in [1.29, 1.82) is 0 Å². The lowest BCUT2D eigenvalue weighted by molar-refractivity contribution is -0.402. The maximum Gasteiger partial charge on any atom is 0.470 e. The summed E-state index contributed by atoms with van der Waals surface area (Å²) in [5.41, 5.74) is -4.53. The molecular weight excluding hydrogens is 347 g/mol. The van der Waals surface area contributed by atoms with Gasteiger partial charge in [-0.05, 0) is 0 Å². The standard InChI is InChI=1S/C9H2F3N5O7/c10-9(11,12)8-14-13-7(24-8)6-4(16(20)21)1-3(15(18)19)2-5(6)17(22)23/h1-2H. The van der Waals surface area contributed by atoms with Crippen LogP contribution in [-0.4, -0.2) is 25.0 Å². The van der Waals surface area contributed by atoms with Crippen molar-refractivity contribution < 1.29 is 32.4 Å². The SMILES string of the molecule is O=[N+]([O-])c1cc([N+](=O)[O-])c(-c2nnc(C(F)(F)F)o2)c([N+](=O)[O-])c1. The molecule has 0 saturated carbocycles. The van der Waals surface area contributed by atoms with Gasteiger partial charge in [-0.25, -0.2) is 0 Å². The predicted molar refractivity (Wildman–Crippen MR) is 64.7 cm³/mol. The van der Waals surface area contributed by atoms with Crippen LogP contribution in [0.5, 0.6) is 0 Å². The first-order chi connectivity index (χ1) is 11.0. The van der Waals surface area contributed by atoms with E-state index in [9.17, 15) is 43.5 Å². The van der Waals surface area contributed by atoms with Crippen LogP contribution in [0.25, 0.3) is 11.5 Å². The Hall–Kier alpha value is -3.65. The zero-order chi connectivity index (χ0) is 18.2. The van der Waals surface area contributed by atoms with E-state index in [4.69, 9.17) is 0 Å². The largest absolute Gasteiger partial charge is 0.470 e. The lowest BCUT2D eigenvalue weighted by atomic mass is 10.1. The Morgan fingerprint density at radius 3 is 1.75 bits per heavy atom. The second-order valence-electron chi connectivity index (χ2n) is 4.04. The molecule has 24 heavy (non-hydrogen) atoms. The van der Waals surface area contributed by atoms with Crippen LogP contribution in [0.15, 0.2) is 16.5 Å². The Balaban J connectivity index is 2.80. The maximum absolute atomic E-state index is 12.5. The normalized spacial score (nSPS) is 11.3. The average molecular weight is 349 g/mol. The smallest absolute Gasteiger partial charge is 0.412 e. The van der Waals surface area contributed by atoms with Gasteiger partial charge in [0.25, 0.3) is 23.0 Å². The summed E-state index contributed by atoms with van der Waals surface area (Å²) in [6, 6.07) is 0.666. The highest BCUT2D eigenvalue weighted by Crippen LogP contribution is 2.41. The molecule has 0 amide bonds. The number of nitro groups is 3. The molecule has 1 heterocycles. The van der Waals surface area contributed by atoms with E-state index in [1.54, 1.807) is 0 Å². The molecule has 0 N–H and O–H groups in total. The van der Waals surface area contributed by atoms with Gasteiger partial charge in [-0.3, -0.25) is 30.3 Å². The van der Waals surface area contributed by atoms with Gasteiger partial charge in [-0.1, -0.05) is 0 Å². The summed E-state index contributed by atoms with van der Waals surface area (Å²) in [6.07, 6.45) is -5.09. The first-order valence-corrected chi connectivity index (χ1v) is 5.54. The van der Waals surface area contributed by atoms with E-state index >= 15 is 0 Å². The summed E-state index contributed by atoms with van der Waals surface area (Å²) in [6.45, 7) is 0. The minimum Gasteiger partial charge on any atom is -0.412 e. The van der Waals surface area contributed by atoms with Crippen LogP contribution in [0.1, 0.15) is 5.89 Å². The number of nitrogens with zero attached hydrogens (tertiary/aromatic N) is 5. The fraction of sp³-hybridized carbons (Fsp3) is 0.111. The molecule has 15 heteroatoms. The third-order valence-electron chi connectivity index (χ3n) is 2.57. The number of benzene rings is 1. The summed E-state index contributed by atoms with van der Waals surface area (Å²) in [7, 11) is 0. The molecule has 126 valence electrons. The molecule has 0 fully saturated rings. The Kier molecular flexibility index (Phi) is 3.85. The number of hydrogen-bond donors (Lipinski definition) is 0. The van der Waals surface area contributed by atoms with Gasteiger partial charge in [-0.15, -0.1) is 10.2 Å². The number of nitro benzene ring substituents is 3. The van der Waals surface area contributed by atoms with Crippen molar-refractivity contribution in [2.24, 2.45) is 0 Å². The topological polar surface area (TPSA) is 168 Å². The molecule has 0 aliphatic heterocycles. The van der Waals surface area contributed by atoms with Crippen LogP contribution in [0, 0.1) is 30.3 Å². The molecule has 0 saturated heterocycles. The quantitative estimate of drug-likeness (QED) is 0.594. The molecule has 0 unspecified atom stereocenters. The Morgan fingerprint density at radius 2 is 1.42 bits per heavy atom. The van der Waals surface area contributed by atoms with Crippen LogP contribution in [0.2, 0.25) is 0 Å². The molecule has 0 aliphatic carbocycles. The molecule has 0 spiro atoms. The molecule has 2 aromatic rings.